The Hall–Kier alpha value is -0.0800. The van der Waals surface area contributed by atoms with Gasteiger partial charge in [-0.2, -0.15) is 0 Å². The highest BCUT2D eigenvalue weighted by molar-refractivity contribution is 5.07. The molecular weight excluding hydrogens is 356 g/mol. The number of aliphatic hydroxyl groups is 2. The molecule has 10 atom stereocenters. The van der Waals surface area contributed by atoms with E-state index in [9.17, 15) is 10.2 Å². The molecule has 0 aromatic carbocycles. The van der Waals surface area contributed by atoms with Crippen LogP contribution in [-0.2, 0) is 0 Å². The quantitative estimate of drug-likeness (QED) is 0.553. The molecule has 0 spiro atoms. The minimum Gasteiger partial charge on any atom is -0.393 e. The van der Waals surface area contributed by atoms with E-state index in [2.05, 4.69) is 34.6 Å². The Balaban J connectivity index is 1.45. The normalized spacial score (nSPS) is 49.2. The molecule has 0 aromatic heterocycles. The zero-order chi connectivity index (χ0) is 21.0. The van der Waals surface area contributed by atoms with E-state index in [-0.39, 0.29) is 6.10 Å². The van der Waals surface area contributed by atoms with Crippen LogP contribution in [0.5, 0.6) is 0 Å². The van der Waals surface area contributed by atoms with Gasteiger partial charge in [0, 0.05) is 0 Å². The van der Waals surface area contributed by atoms with Gasteiger partial charge in [0.1, 0.15) is 0 Å². The van der Waals surface area contributed by atoms with E-state index < -0.39 is 5.60 Å². The average Bonchev–Trinajstić information content (AvgIpc) is 3.01. The van der Waals surface area contributed by atoms with Crippen molar-refractivity contribution in [2.45, 2.75) is 117 Å². The molecule has 2 N–H and O–H groups in total. The lowest BCUT2D eigenvalue weighted by atomic mass is 9.48. The van der Waals surface area contributed by atoms with Gasteiger partial charge in [0.05, 0.1) is 11.7 Å². The summed E-state index contributed by atoms with van der Waals surface area (Å²) in [6, 6.07) is 0. The van der Waals surface area contributed by atoms with Gasteiger partial charge in [0.2, 0.25) is 0 Å². The topological polar surface area (TPSA) is 40.5 Å². The molecule has 0 aliphatic heterocycles. The number of aliphatic hydroxyl groups excluding tert-OH is 1. The van der Waals surface area contributed by atoms with Gasteiger partial charge in [-0.15, -0.1) is 0 Å². The Morgan fingerprint density at radius 3 is 2.28 bits per heavy atom. The molecule has 29 heavy (non-hydrogen) atoms. The van der Waals surface area contributed by atoms with Gasteiger partial charge in [-0.25, -0.2) is 0 Å². The molecule has 2 unspecified atom stereocenters. The lowest BCUT2D eigenvalue weighted by Crippen LogP contribution is -2.51. The first-order valence-corrected chi connectivity index (χ1v) is 13.0. The molecule has 4 saturated carbocycles. The minimum atomic E-state index is -0.406. The van der Waals surface area contributed by atoms with Gasteiger partial charge >= 0.3 is 0 Å². The average molecular weight is 405 g/mol. The van der Waals surface area contributed by atoms with Gasteiger partial charge in [0.15, 0.2) is 0 Å². The maximum absolute atomic E-state index is 10.9. The maximum atomic E-state index is 10.9. The third-order valence-electron chi connectivity index (χ3n) is 10.6. The van der Waals surface area contributed by atoms with Crippen LogP contribution in [0.15, 0.2) is 0 Å². The first-order valence-electron chi connectivity index (χ1n) is 13.0. The van der Waals surface area contributed by atoms with E-state index >= 15 is 0 Å². The fourth-order valence-electron chi connectivity index (χ4n) is 9.02. The predicted molar refractivity (Wildman–Crippen MR) is 120 cm³/mol. The molecular formula is C27H48O2. The van der Waals surface area contributed by atoms with Gasteiger partial charge in [-0.1, -0.05) is 27.7 Å². The fourth-order valence-corrected chi connectivity index (χ4v) is 9.02. The molecule has 2 nitrogen and oxygen atoms in total. The van der Waals surface area contributed by atoms with Crippen LogP contribution in [0, 0.1) is 52.8 Å². The number of hydrogen-bond donors (Lipinski definition) is 2. The van der Waals surface area contributed by atoms with Crippen molar-refractivity contribution in [2.75, 3.05) is 0 Å². The maximum Gasteiger partial charge on any atom is 0.0622 e. The Bertz CT molecular complexity index is 569. The lowest BCUT2D eigenvalue weighted by molar-refractivity contribution is -0.106. The Labute approximate surface area is 180 Å². The summed E-state index contributed by atoms with van der Waals surface area (Å²) < 4.78 is 0. The minimum absolute atomic E-state index is 0.119. The summed E-state index contributed by atoms with van der Waals surface area (Å²) in [7, 11) is 0. The van der Waals surface area contributed by atoms with Crippen molar-refractivity contribution >= 4 is 0 Å². The fraction of sp³-hybridized carbons (Fsp3) is 1.00. The second-order valence-electron chi connectivity index (χ2n) is 12.8. The monoisotopic (exact) mass is 404 g/mol. The second kappa shape index (κ2) is 8.12. The highest BCUT2D eigenvalue weighted by Gasteiger charge is 2.58. The summed E-state index contributed by atoms with van der Waals surface area (Å²) in [4.78, 5) is 0. The standard InChI is InChI=1S/C27H48O2/c1-17(2)6-11-25(28)18(3)23-9-10-24-22-8-7-19-16-26(4,29)14-12-20(19)21(22)13-15-27(23,24)5/h17-25,28-29H,6-16H2,1-5H3/t18-,19-,20?,21+,22?,23+,24-,25-,26-,27+/m0/s1. The Morgan fingerprint density at radius 1 is 0.828 bits per heavy atom. The molecule has 0 saturated heterocycles. The smallest absolute Gasteiger partial charge is 0.0622 e. The van der Waals surface area contributed by atoms with Gasteiger partial charge < -0.3 is 10.2 Å². The second-order valence-corrected chi connectivity index (χ2v) is 12.8. The number of hydrogen-bond acceptors (Lipinski definition) is 2. The van der Waals surface area contributed by atoms with Crippen LogP contribution in [-0.4, -0.2) is 21.9 Å². The zero-order valence-electron chi connectivity index (χ0n) is 19.9. The highest BCUT2D eigenvalue weighted by Crippen LogP contribution is 2.65. The summed E-state index contributed by atoms with van der Waals surface area (Å²) in [5, 5.41) is 21.5. The molecule has 0 heterocycles. The van der Waals surface area contributed by atoms with Crippen molar-refractivity contribution < 1.29 is 10.2 Å². The van der Waals surface area contributed by atoms with E-state index in [4.69, 9.17) is 0 Å². The molecule has 4 rings (SSSR count). The van der Waals surface area contributed by atoms with Crippen molar-refractivity contribution in [2.24, 2.45) is 52.8 Å². The molecule has 4 aliphatic rings. The molecule has 0 bridgehead atoms. The molecule has 168 valence electrons. The van der Waals surface area contributed by atoms with Crippen molar-refractivity contribution in [3.63, 3.8) is 0 Å². The summed E-state index contributed by atoms with van der Waals surface area (Å²) in [6.45, 7) is 11.6. The molecule has 2 heteroatoms. The van der Waals surface area contributed by atoms with Crippen LogP contribution >= 0.6 is 0 Å². The van der Waals surface area contributed by atoms with Gasteiger partial charge in [-0.05, 0) is 130 Å². The van der Waals surface area contributed by atoms with Crippen molar-refractivity contribution in [1.29, 1.82) is 0 Å². The van der Waals surface area contributed by atoms with Gasteiger partial charge in [-0.3, -0.25) is 0 Å². The Morgan fingerprint density at radius 2 is 1.55 bits per heavy atom. The summed E-state index contributed by atoms with van der Waals surface area (Å²) >= 11 is 0. The first kappa shape index (κ1) is 22.1. The SMILES string of the molecule is CC(C)CC[C@H](O)[C@@H](C)[C@H]1CC[C@H]2C3CC[C@H]4C[C@@](C)(O)CCC4[C@H]3CC[C@]12C. The zero-order valence-corrected chi connectivity index (χ0v) is 19.9. The molecule has 0 amide bonds. The molecule has 0 aromatic rings. The number of rotatable bonds is 5. The van der Waals surface area contributed by atoms with Crippen molar-refractivity contribution in [3.05, 3.63) is 0 Å². The summed E-state index contributed by atoms with van der Waals surface area (Å²) in [6.07, 6.45) is 13.6. The van der Waals surface area contributed by atoms with Crippen LogP contribution in [0.2, 0.25) is 0 Å². The van der Waals surface area contributed by atoms with Crippen LogP contribution in [0.1, 0.15) is 105 Å². The van der Waals surface area contributed by atoms with Crippen LogP contribution in [0.4, 0.5) is 0 Å². The number of fused-ring (bicyclic) bond motifs is 5. The van der Waals surface area contributed by atoms with E-state index in [0.717, 1.165) is 55.3 Å². The van der Waals surface area contributed by atoms with Crippen LogP contribution < -0.4 is 0 Å². The molecule has 0 radical (unpaired) electrons. The van der Waals surface area contributed by atoms with Crippen LogP contribution in [0.3, 0.4) is 0 Å². The van der Waals surface area contributed by atoms with E-state index in [0.29, 0.717) is 23.2 Å². The lowest BCUT2D eigenvalue weighted by Gasteiger charge is -2.57. The van der Waals surface area contributed by atoms with Crippen molar-refractivity contribution in [1.82, 2.24) is 0 Å². The predicted octanol–water partition coefficient (Wildman–Crippen LogP) is 6.44. The molecule has 4 fully saturated rings. The van der Waals surface area contributed by atoms with Crippen molar-refractivity contribution in [3.8, 4) is 0 Å². The Kier molecular flexibility index (Phi) is 6.19. The molecule has 4 aliphatic carbocycles. The van der Waals surface area contributed by atoms with Crippen LogP contribution in [0.25, 0.3) is 0 Å². The summed E-state index contributed by atoms with van der Waals surface area (Å²) in [5.74, 6) is 6.22. The first-order chi connectivity index (χ1) is 13.6. The van der Waals surface area contributed by atoms with Gasteiger partial charge in [0.25, 0.3) is 0 Å². The third kappa shape index (κ3) is 4.07. The van der Waals surface area contributed by atoms with E-state index in [1.165, 1.54) is 44.9 Å². The third-order valence-corrected chi connectivity index (χ3v) is 10.6. The largest absolute Gasteiger partial charge is 0.393 e. The summed E-state index contributed by atoms with van der Waals surface area (Å²) in [5.41, 5.74) is 0.0452. The highest BCUT2D eigenvalue weighted by atomic mass is 16.3. The van der Waals surface area contributed by atoms with E-state index in [1.54, 1.807) is 0 Å². The van der Waals surface area contributed by atoms with E-state index in [1.807, 2.05) is 0 Å².